The van der Waals surface area contributed by atoms with Crippen molar-refractivity contribution in [3.63, 3.8) is 0 Å². The van der Waals surface area contributed by atoms with Crippen molar-refractivity contribution in [2.24, 2.45) is 5.92 Å². The number of nitrogens with zero attached hydrogens (tertiary/aromatic N) is 2. The molecule has 130 valence electrons. The fourth-order valence-corrected chi connectivity index (χ4v) is 2.86. The Bertz CT molecular complexity index is 847. The van der Waals surface area contributed by atoms with E-state index >= 15 is 0 Å². The van der Waals surface area contributed by atoms with Gasteiger partial charge in [-0.25, -0.2) is 4.68 Å². The molecule has 0 saturated heterocycles. The molecule has 4 nitrogen and oxygen atoms in total. The van der Waals surface area contributed by atoms with E-state index in [1.807, 2.05) is 60.1 Å². The molecule has 1 heterocycles. The molecular weight excluding hydrogens is 312 g/mol. The van der Waals surface area contributed by atoms with Gasteiger partial charge in [-0.3, -0.25) is 0 Å². The molecule has 3 aromatic rings. The number of ether oxygens (including phenoxy) is 1. The van der Waals surface area contributed by atoms with Gasteiger partial charge < -0.3 is 9.84 Å². The average Bonchev–Trinajstić information content (AvgIpc) is 2.92. The van der Waals surface area contributed by atoms with Gasteiger partial charge >= 0.3 is 0 Å². The molecule has 25 heavy (non-hydrogen) atoms. The highest BCUT2D eigenvalue weighted by atomic mass is 16.5. The van der Waals surface area contributed by atoms with E-state index in [2.05, 4.69) is 13.8 Å². The van der Waals surface area contributed by atoms with Crippen molar-refractivity contribution in [1.82, 2.24) is 9.78 Å². The van der Waals surface area contributed by atoms with Crippen molar-refractivity contribution in [2.75, 3.05) is 7.11 Å². The van der Waals surface area contributed by atoms with Gasteiger partial charge in [0.05, 0.1) is 18.5 Å². The molecule has 1 aromatic heterocycles. The van der Waals surface area contributed by atoms with Crippen LogP contribution in [0.1, 0.15) is 25.1 Å². The standard InChI is InChI=1S/C21H24N2O2/c1-14(2)13-19-21(24)20(16-7-5-15(3)6-8-16)22-23(19)17-9-11-18(25-4)12-10-17/h5-12,14,24H,13H2,1-4H3. The summed E-state index contributed by atoms with van der Waals surface area (Å²) >= 11 is 0. The van der Waals surface area contributed by atoms with Crippen molar-refractivity contribution in [3.8, 4) is 28.4 Å². The number of benzene rings is 2. The second kappa shape index (κ2) is 7.01. The predicted molar refractivity (Wildman–Crippen MR) is 100 cm³/mol. The molecule has 0 atom stereocenters. The molecule has 0 saturated carbocycles. The van der Waals surface area contributed by atoms with Crippen LogP contribution in [-0.2, 0) is 6.42 Å². The van der Waals surface area contributed by atoms with Crippen molar-refractivity contribution in [3.05, 3.63) is 59.8 Å². The van der Waals surface area contributed by atoms with Crippen molar-refractivity contribution < 1.29 is 9.84 Å². The Hall–Kier alpha value is -2.75. The maximum absolute atomic E-state index is 10.8. The zero-order valence-corrected chi connectivity index (χ0v) is 15.2. The first kappa shape index (κ1) is 17.1. The maximum Gasteiger partial charge on any atom is 0.165 e. The van der Waals surface area contributed by atoms with Gasteiger partial charge in [-0.05, 0) is 43.5 Å². The molecule has 0 spiro atoms. The topological polar surface area (TPSA) is 47.3 Å². The van der Waals surface area contributed by atoms with Gasteiger partial charge in [0.2, 0.25) is 0 Å². The summed E-state index contributed by atoms with van der Waals surface area (Å²) < 4.78 is 7.07. The van der Waals surface area contributed by atoms with E-state index in [-0.39, 0.29) is 5.75 Å². The first-order valence-electron chi connectivity index (χ1n) is 8.52. The van der Waals surface area contributed by atoms with E-state index in [0.29, 0.717) is 11.6 Å². The van der Waals surface area contributed by atoms with E-state index < -0.39 is 0 Å². The van der Waals surface area contributed by atoms with Crippen LogP contribution in [0.25, 0.3) is 16.9 Å². The molecular formula is C21H24N2O2. The lowest BCUT2D eigenvalue weighted by molar-refractivity contribution is 0.414. The zero-order chi connectivity index (χ0) is 18.0. The van der Waals surface area contributed by atoms with Gasteiger partial charge in [-0.15, -0.1) is 0 Å². The van der Waals surface area contributed by atoms with Crippen LogP contribution in [-0.4, -0.2) is 22.0 Å². The number of hydrogen-bond donors (Lipinski definition) is 1. The monoisotopic (exact) mass is 336 g/mol. The van der Waals surface area contributed by atoms with E-state index in [4.69, 9.17) is 9.84 Å². The van der Waals surface area contributed by atoms with E-state index in [0.717, 1.165) is 29.1 Å². The highest BCUT2D eigenvalue weighted by Gasteiger charge is 2.20. The van der Waals surface area contributed by atoms with Crippen molar-refractivity contribution >= 4 is 0 Å². The molecule has 3 rings (SSSR count). The quantitative estimate of drug-likeness (QED) is 0.731. The van der Waals surface area contributed by atoms with Crippen LogP contribution in [0.4, 0.5) is 0 Å². The molecule has 0 aliphatic heterocycles. The normalized spacial score (nSPS) is 11.1. The molecule has 2 aromatic carbocycles. The summed E-state index contributed by atoms with van der Waals surface area (Å²) in [5.74, 6) is 1.46. The Morgan fingerprint density at radius 2 is 1.68 bits per heavy atom. The fourth-order valence-electron chi connectivity index (χ4n) is 2.86. The third-order valence-corrected chi connectivity index (χ3v) is 4.20. The van der Waals surface area contributed by atoms with Crippen LogP contribution in [0, 0.1) is 12.8 Å². The maximum atomic E-state index is 10.8. The van der Waals surface area contributed by atoms with Crippen LogP contribution in [0.2, 0.25) is 0 Å². The molecule has 4 heteroatoms. The second-order valence-electron chi connectivity index (χ2n) is 6.72. The van der Waals surface area contributed by atoms with Gasteiger partial charge in [0.25, 0.3) is 0 Å². The number of rotatable bonds is 5. The molecule has 0 aliphatic rings. The third kappa shape index (κ3) is 3.53. The number of methoxy groups -OCH3 is 1. The largest absolute Gasteiger partial charge is 0.504 e. The first-order valence-corrected chi connectivity index (χ1v) is 8.52. The summed E-state index contributed by atoms with van der Waals surface area (Å²) in [7, 11) is 1.65. The van der Waals surface area contributed by atoms with Gasteiger partial charge in [0, 0.05) is 5.56 Å². The smallest absolute Gasteiger partial charge is 0.165 e. The summed E-state index contributed by atoms with van der Waals surface area (Å²) in [6.07, 6.45) is 0.747. The highest BCUT2D eigenvalue weighted by molar-refractivity contribution is 5.68. The first-order chi connectivity index (χ1) is 12.0. The van der Waals surface area contributed by atoms with Crippen LogP contribution < -0.4 is 4.74 Å². The molecule has 1 N–H and O–H groups in total. The number of hydrogen-bond acceptors (Lipinski definition) is 3. The van der Waals surface area contributed by atoms with E-state index in [1.54, 1.807) is 7.11 Å². The second-order valence-corrected chi connectivity index (χ2v) is 6.72. The zero-order valence-electron chi connectivity index (χ0n) is 15.2. The van der Waals surface area contributed by atoms with E-state index in [1.165, 1.54) is 5.56 Å². The fraction of sp³-hybridized carbons (Fsp3) is 0.286. The minimum atomic E-state index is 0.258. The molecule has 0 unspecified atom stereocenters. The number of aryl methyl sites for hydroxylation is 1. The van der Waals surface area contributed by atoms with E-state index in [9.17, 15) is 5.11 Å². The lowest BCUT2D eigenvalue weighted by Gasteiger charge is -2.10. The predicted octanol–water partition coefficient (Wildman–Crippen LogP) is 4.76. The number of aromatic hydroxyl groups is 1. The Balaban J connectivity index is 2.12. The SMILES string of the molecule is COc1ccc(-n2nc(-c3ccc(C)cc3)c(O)c2CC(C)C)cc1. The summed E-state index contributed by atoms with van der Waals surface area (Å²) in [6.45, 7) is 6.32. The Morgan fingerprint density at radius 1 is 1.04 bits per heavy atom. The minimum absolute atomic E-state index is 0.258. The Labute approximate surface area is 148 Å². The minimum Gasteiger partial charge on any atom is -0.504 e. The summed E-state index contributed by atoms with van der Waals surface area (Å²) in [6, 6.07) is 15.8. The lowest BCUT2D eigenvalue weighted by atomic mass is 10.0. The van der Waals surface area contributed by atoms with Crippen LogP contribution in [0.15, 0.2) is 48.5 Å². The van der Waals surface area contributed by atoms with Gasteiger partial charge in [0.1, 0.15) is 11.4 Å². The summed E-state index contributed by atoms with van der Waals surface area (Å²) in [5.41, 5.74) is 4.45. The molecule has 0 radical (unpaired) electrons. The Kier molecular flexibility index (Phi) is 4.79. The summed E-state index contributed by atoms with van der Waals surface area (Å²) in [4.78, 5) is 0. The van der Waals surface area contributed by atoms with Crippen LogP contribution in [0.5, 0.6) is 11.5 Å². The average molecular weight is 336 g/mol. The van der Waals surface area contributed by atoms with Crippen LogP contribution in [0.3, 0.4) is 0 Å². The molecule has 0 fully saturated rings. The van der Waals surface area contributed by atoms with Gasteiger partial charge in [0.15, 0.2) is 5.75 Å². The van der Waals surface area contributed by atoms with Crippen molar-refractivity contribution in [1.29, 1.82) is 0 Å². The van der Waals surface area contributed by atoms with Gasteiger partial charge in [-0.2, -0.15) is 5.10 Å². The summed E-state index contributed by atoms with van der Waals surface area (Å²) in [5, 5.41) is 15.5. The number of aromatic nitrogens is 2. The molecule has 0 aliphatic carbocycles. The van der Waals surface area contributed by atoms with Crippen LogP contribution >= 0.6 is 0 Å². The Morgan fingerprint density at radius 3 is 2.24 bits per heavy atom. The molecule has 0 bridgehead atoms. The lowest BCUT2D eigenvalue weighted by Crippen LogP contribution is -2.05. The van der Waals surface area contributed by atoms with Crippen molar-refractivity contribution in [2.45, 2.75) is 27.2 Å². The molecule has 0 amide bonds. The van der Waals surface area contributed by atoms with Gasteiger partial charge in [-0.1, -0.05) is 43.7 Å². The highest BCUT2D eigenvalue weighted by Crippen LogP contribution is 2.34. The third-order valence-electron chi connectivity index (χ3n) is 4.20.